The second-order valence-electron chi connectivity index (χ2n) is 3.50. The highest BCUT2D eigenvalue weighted by Gasteiger charge is 2.21. The van der Waals surface area contributed by atoms with E-state index in [1.165, 1.54) is 29.7 Å². The van der Waals surface area contributed by atoms with E-state index in [1.54, 1.807) is 0 Å². The Hall–Kier alpha value is -0.430. The largest absolute Gasteiger partial charge is 0.154 e. The number of hydrogen-bond acceptors (Lipinski definition) is 1. The molecule has 0 spiro atoms. The second kappa shape index (κ2) is 3.53. The summed E-state index contributed by atoms with van der Waals surface area (Å²) in [6, 6.07) is 8.88. The molecule has 0 amide bonds. The Labute approximate surface area is 78.4 Å². The summed E-state index contributed by atoms with van der Waals surface area (Å²) >= 11 is 2.10. The molecule has 0 atom stereocenters. The van der Waals surface area contributed by atoms with E-state index >= 15 is 0 Å². The highest BCUT2D eigenvalue weighted by molar-refractivity contribution is 7.99. The second-order valence-corrected chi connectivity index (χ2v) is 4.78. The molecule has 2 rings (SSSR count). The number of hydrogen-bond donors (Lipinski definition) is 0. The molecule has 1 saturated carbocycles. The Morgan fingerprint density at radius 3 is 2.50 bits per heavy atom. The van der Waals surface area contributed by atoms with Gasteiger partial charge in [0.1, 0.15) is 0 Å². The Balaban J connectivity index is 1.89. The molecule has 12 heavy (non-hydrogen) atoms. The maximum atomic E-state index is 2.24. The third-order valence-corrected chi connectivity index (χ3v) is 3.57. The Bertz CT molecular complexity index is 246. The fourth-order valence-electron chi connectivity index (χ4n) is 1.13. The molecule has 64 valence electrons. The van der Waals surface area contributed by atoms with Crippen LogP contribution in [0.15, 0.2) is 24.3 Å². The standard InChI is InChI=1S/C11H14S/c1-9-2-4-10(5-3-9)8-12-11-6-7-11/h2-5,11H,6-8H2,1H3. The van der Waals surface area contributed by atoms with Gasteiger partial charge in [-0.1, -0.05) is 29.8 Å². The highest BCUT2D eigenvalue weighted by atomic mass is 32.2. The summed E-state index contributed by atoms with van der Waals surface area (Å²) in [4.78, 5) is 0. The molecule has 0 aliphatic heterocycles. The first-order valence-electron chi connectivity index (χ1n) is 4.52. The van der Waals surface area contributed by atoms with Gasteiger partial charge in [0, 0.05) is 11.0 Å². The first kappa shape index (κ1) is 8.18. The SMILES string of the molecule is Cc1ccc(CSC2CC2)cc1. The highest BCUT2D eigenvalue weighted by Crippen LogP contribution is 2.35. The van der Waals surface area contributed by atoms with Crippen LogP contribution in [0.25, 0.3) is 0 Å². The van der Waals surface area contributed by atoms with Gasteiger partial charge in [-0.15, -0.1) is 0 Å². The van der Waals surface area contributed by atoms with E-state index in [0.717, 1.165) is 5.25 Å². The van der Waals surface area contributed by atoms with Crippen molar-refractivity contribution >= 4 is 11.8 Å². The van der Waals surface area contributed by atoms with E-state index in [4.69, 9.17) is 0 Å². The predicted molar refractivity (Wildman–Crippen MR) is 55.5 cm³/mol. The summed E-state index contributed by atoms with van der Waals surface area (Å²) in [5.74, 6) is 1.20. The molecule has 0 unspecified atom stereocenters. The summed E-state index contributed by atoms with van der Waals surface area (Å²) in [5, 5.41) is 0.978. The van der Waals surface area contributed by atoms with Crippen molar-refractivity contribution < 1.29 is 0 Å². The van der Waals surface area contributed by atoms with Crippen molar-refractivity contribution in [2.45, 2.75) is 30.8 Å². The summed E-state index contributed by atoms with van der Waals surface area (Å²) < 4.78 is 0. The van der Waals surface area contributed by atoms with E-state index in [0.29, 0.717) is 0 Å². The van der Waals surface area contributed by atoms with Gasteiger partial charge in [-0.3, -0.25) is 0 Å². The topological polar surface area (TPSA) is 0 Å². The molecule has 0 radical (unpaired) electrons. The molecule has 1 aliphatic rings. The summed E-state index contributed by atoms with van der Waals surface area (Å²) in [6.07, 6.45) is 2.88. The number of benzene rings is 1. The van der Waals surface area contributed by atoms with Crippen LogP contribution in [0.3, 0.4) is 0 Å². The van der Waals surface area contributed by atoms with Gasteiger partial charge >= 0.3 is 0 Å². The molecule has 1 aromatic carbocycles. The van der Waals surface area contributed by atoms with E-state index in [1.807, 2.05) is 0 Å². The fourth-order valence-corrected chi connectivity index (χ4v) is 2.22. The lowest BCUT2D eigenvalue weighted by molar-refractivity contribution is 1.35. The zero-order valence-corrected chi connectivity index (χ0v) is 8.23. The fraction of sp³-hybridized carbons (Fsp3) is 0.455. The minimum atomic E-state index is 0.978. The Morgan fingerprint density at radius 2 is 1.92 bits per heavy atom. The van der Waals surface area contributed by atoms with Crippen LogP contribution in [0.1, 0.15) is 24.0 Å². The van der Waals surface area contributed by atoms with Crippen molar-refractivity contribution in [2.75, 3.05) is 0 Å². The van der Waals surface area contributed by atoms with Gasteiger partial charge in [0.05, 0.1) is 0 Å². The molecule has 0 heterocycles. The summed E-state index contributed by atoms with van der Waals surface area (Å²) in [7, 11) is 0. The van der Waals surface area contributed by atoms with Crippen LogP contribution in [-0.4, -0.2) is 5.25 Å². The van der Waals surface area contributed by atoms with E-state index < -0.39 is 0 Å². The lowest BCUT2D eigenvalue weighted by atomic mass is 10.2. The molecule has 0 nitrogen and oxygen atoms in total. The lowest BCUT2D eigenvalue weighted by Gasteiger charge is -1.99. The van der Waals surface area contributed by atoms with Crippen LogP contribution >= 0.6 is 11.8 Å². The zero-order valence-electron chi connectivity index (χ0n) is 7.42. The van der Waals surface area contributed by atoms with E-state index in [2.05, 4.69) is 43.0 Å². The minimum absolute atomic E-state index is 0.978. The molecule has 1 heteroatoms. The Morgan fingerprint density at radius 1 is 1.25 bits per heavy atom. The van der Waals surface area contributed by atoms with Crippen molar-refractivity contribution in [3.63, 3.8) is 0 Å². The number of thioether (sulfide) groups is 1. The molecule has 0 aromatic heterocycles. The molecule has 0 bridgehead atoms. The molecular formula is C11H14S. The van der Waals surface area contributed by atoms with Crippen LogP contribution in [-0.2, 0) is 5.75 Å². The maximum absolute atomic E-state index is 2.24. The van der Waals surface area contributed by atoms with Crippen LogP contribution in [0, 0.1) is 6.92 Å². The third kappa shape index (κ3) is 2.28. The van der Waals surface area contributed by atoms with Crippen LogP contribution < -0.4 is 0 Å². The van der Waals surface area contributed by atoms with Crippen molar-refractivity contribution in [1.82, 2.24) is 0 Å². The van der Waals surface area contributed by atoms with Gasteiger partial charge in [-0.05, 0) is 25.3 Å². The number of rotatable bonds is 3. The quantitative estimate of drug-likeness (QED) is 0.683. The van der Waals surface area contributed by atoms with Crippen molar-refractivity contribution in [3.8, 4) is 0 Å². The normalized spacial score (nSPS) is 16.4. The van der Waals surface area contributed by atoms with Crippen molar-refractivity contribution in [1.29, 1.82) is 0 Å². The average Bonchev–Trinajstić information content (AvgIpc) is 2.87. The summed E-state index contributed by atoms with van der Waals surface area (Å²) in [5.41, 5.74) is 2.83. The molecule has 1 aliphatic carbocycles. The average molecular weight is 178 g/mol. The van der Waals surface area contributed by atoms with E-state index in [-0.39, 0.29) is 0 Å². The molecule has 1 aromatic rings. The molecule has 0 N–H and O–H groups in total. The molecule has 1 fully saturated rings. The zero-order chi connectivity index (χ0) is 8.39. The van der Waals surface area contributed by atoms with Gasteiger partial charge in [-0.2, -0.15) is 11.8 Å². The lowest BCUT2D eigenvalue weighted by Crippen LogP contribution is -1.82. The predicted octanol–water partition coefficient (Wildman–Crippen LogP) is 3.39. The van der Waals surface area contributed by atoms with Gasteiger partial charge in [0.15, 0.2) is 0 Å². The molecule has 0 saturated heterocycles. The molecular weight excluding hydrogens is 164 g/mol. The van der Waals surface area contributed by atoms with Gasteiger partial charge in [0.25, 0.3) is 0 Å². The van der Waals surface area contributed by atoms with E-state index in [9.17, 15) is 0 Å². The van der Waals surface area contributed by atoms with Crippen LogP contribution in [0.2, 0.25) is 0 Å². The van der Waals surface area contributed by atoms with Crippen molar-refractivity contribution in [2.24, 2.45) is 0 Å². The first-order valence-corrected chi connectivity index (χ1v) is 5.56. The van der Waals surface area contributed by atoms with Gasteiger partial charge in [0.2, 0.25) is 0 Å². The first-order chi connectivity index (χ1) is 5.84. The van der Waals surface area contributed by atoms with Crippen LogP contribution in [0.4, 0.5) is 0 Å². The number of aryl methyl sites for hydroxylation is 1. The minimum Gasteiger partial charge on any atom is -0.154 e. The smallest absolute Gasteiger partial charge is 0.0187 e. The summed E-state index contributed by atoms with van der Waals surface area (Å²) in [6.45, 7) is 2.14. The van der Waals surface area contributed by atoms with Crippen molar-refractivity contribution in [3.05, 3.63) is 35.4 Å². The maximum Gasteiger partial charge on any atom is 0.0187 e. The van der Waals surface area contributed by atoms with Gasteiger partial charge < -0.3 is 0 Å². The third-order valence-electron chi connectivity index (χ3n) is 2.13. The van der Waals surface area contributed by atoms with Crippen LogP contribution in [0.5, 0.6) is 0 Å². The Kier molecular flexibility index (Phi) is 2.40. The van der Waals surface area contributed by atoms with Gasteiger partial charge in [-0.25, -0.2) is 0 Å². The monoisotopic (exact) mass is 178 g/mol.